The van der Waals surface area contributed by atoms with E-state index < -0.39 is 5.41 Å². The fourth-order valence-electron chi connectivity index (χ4n) is 12.2. The summed E-state index contributed by atoms with van der Waals surface area (Å²) in [5.74, 6) is 5.16. The molecule has 3 heteroatoms. The molecule has 0 amide bonds. The summed E-state index contributed by atoms with van der Waals surface area (Å²) in [5.41, 5.74) is 19.1. The third-order valence-corrected chi connectivity index (χ3v) is 14.5. The second kappa shape index (κ2) is 12.3. The number of aromatic nitrogens is 3. The average Bonchev–Trinajstić information content (AvgIpc) is 3.68. The molecular weight excluding hydrogens is 703 g/mol. The van der Waals surface area contributed by atoms with Crippen molar-refractivity contribution in [3.05, 3.63) is 197 Å². The molecule has 3 atom stereocenters. The first-order valence-electron chi connectivity index (χ1n) is 21.2. The Morgan fingerprint density at radius 2 is 0.759 bits per heavy atom. The minimum atomic E-state index is -0.433. The maximum atomic E-state index is 5.27. The highest BCUT2D eigenvalue weighted by Gasteiger charge is 2.53. The van der Waals surface area contributed by atoms with Gasteiger partial charge in [-0.1, -0.05) is 158 Å². The molecule has 3 nitrogen and oxygen atoms in total. The maximum Gasteiger partial charge on any atom is 0.164 e. The molecule has 0 aliphatic heterocycles. The van der Waals surface area contributed by atoms with Gasteiger partial charge in [0.15, 0.2) is 17.5 Å². The maximum absolute atomic E-state index is 5.27. The van der Waals surface area contributed by atoms with Gasteiger partial charge in [-0.05, 0) is 129 Å². The van der Waals surface area contributed by atoms with Gasteiger partial charge in [-0.2, -0.15) is 0 Å². The lowest BCUT2D eigenvalue weighted by Crippen LogP contribution is -2.26. The third kappa shape index (κ3) is 4.65. The second-order valence-electron chi connectivity index (χ2n) is 17.5. The summed E-state index contributed by atoms with van der Waals surface area (Å²) in [6, 6.07) is 60.3. The summed E-state index contributed by atoms with van der Waals surface area (Å²) in [5, 5.41) is 0. The standard InChI is InChI=1S/C55H41N3/c1-3-11-35(12-4-1)36-19-21-38(22-20-36)53-56-52(37-13-5-2-6-14-37)57-54(58-53)39-23-24-44-42-15-7-9-17-48(42)55(50(44)30-39)49-18-10-8-16-43(49)47-31-45-40-26-33-25-34(27-40)29-41(28-33)46(45)32-51(47)55/h1-24,30-34,40-41H,25-29H2. The molecule has 8 aromatic rings. The number of benzene rings is 7. The minimum absolute atomic E-state index is 0.433. The lowest BCUT2D eigenvalue weighted by Gasteiger charge is -2.38. The van der Waals surface area contributed by atoms with Gasteiger partial charge in [-0.25, -0.2) is 15.0 Å². The van der Waals surface area contributed by atoms with Crippen molar-refractivity contribution in [3.8, 4) is 67.5 Å². The van der Waals surface area contributed by atoms with Crippen molar-refractivity contribution in [2.75, 3.05) is 0 Å². The van der Waals surface area contributed by atoms with Gasteiger partial charge < -0.3 is 0 Å². The molecule has 4 bridgehead atoms. The van der Waals surface area contributed by atoms with Crippen LogP contribution in [0.5, 0.6) is 0 Å². The van der Waals surface area contributed by atoms with Crippen molar-refractivity contribution in [3.63, 3.8) is 0 Å². The third-order valence-electron chi connectivity index (χ3n) is 14.5. The van der Waals surface area contributed by atoms with Crippen LogP contribution in [0, 0.1) is 11.8 Å². The van der Waals surface area contributed by atoms with Gasteiger partial charge >= 0.3 is 0 Å². The van der Waals surface area contributed by atoms with Crippen molar-refractivity contribution in [2.45, 2.75) is 49.4 Å². The molecule has 2 fully saturated rings. The van der Waals surface area contributed by atoms with E-state index in [0.29, 0.717) is 29.3 Å². The molecule has 6 aliphatic carbocycles. The number of nitrogens with zero attached hydrogens (tertiary/aromatic N) is 3. The predicted octanol–water partition coefficient (Wildman–Crippen LogP) is 13.3. The smallest absolute Gasteiger partial charge is 0.164 e. The summed E-state index contributed by atoms with van der Waals surface area (Å²) in [6.45, 7) is 0. The molecule has 7 aromatic carbocycles. The Morgan fingerprint density at radius 1 is 0.328 bits per heavy atom. The molecule has 276 valence electrons. The number of fused-ring (bicyclic) bond motifs is 10. The monoisotopic (exact) mass is 743 g/mol. The van der Waals surface area contributed by atoms with Gasteiger partial charge in [0, 0.05) is 16.7 Å². The molecule has 1 spiro atoms. The second-order valence-corrected chi connectivity index (χ2v) is 17.5. The van der Waals surface area contributed by atoms with E-state index >= 15 is 0 Å². The lowest BCUT2D eigenvalue weighted by molar-refractivity contribution is 0.166. The molecule has 2 saturated carbocycles. The van der Waals surface area contributed by atoms with Crippen LogP contribution in [0.3, 0.4) is 0 Å². The van der Waals surface area contributed by atoms with Gasteiger partial charge in [-0.3, -0.25) is 0 Å². The molecular formula is C55H41N3. The first-order valence-corrected chi connectivity index (χ1v) is 21.2. The van der Waals surface area contributed by atoms with E-state index in [1.807, 2.05) is 6.07 Å². The summed E-state index contributed by atoms with van der Waals surface area (Å²) >= 11 is 0. The quantitative estimate of drug-likeness (QED) is 0.180. The Balaban J connectivity index is 1.02. The summed E-state index contributed by atoms with van der Waals surface area (Å²) < 4.78 is 0. The van der Waals surface area contributed by atoms with Crippen molar-refractivity contribution in [1.29, 1.82) is 0 Å². The van der Waals surface area contributed by atoms with E-state index in [1.54, 1.807) is 11.1 Å². The number of rotatable bonds is 4. The summed E-state index contributed by atoms with van der Waals surface area (Å²) in [6.07, 6.45) is 6.90. The van der Waals surface area contributed by atoms with Crippen LogP contribution in [0.2, 0.25) is 0 Å². The molecule has 58 heavy (non-hydrogen) atoms. The summed E-state index contributed by atoms with van der Waals surface area (Å²) in [7, 11) is 0. The average molecular weight is 744 g/mol. The van der Waals surface area contributed by atoms with Gasteiger partial charge in [0.25, 0.3) is 0 Å². The van der Waals surface area contributed by atoms with E-state index in [2.05, 4.69) is 158 Å². The van der Waals surface area contributed by atoms with Crippen LogP contribution in [0.25, 0.3) is 67.5 Å². The zero-order valence-electron chi connectivity index (χ0n) is 32.3. The summed E-state index contributed by atoms with van der Waals surface area (Å²) in [4.78, 5) is 15.6. The Bertz CT molecular complexity index is 2940. The van der Waals surface area contributed by atoms with Crippen molar-refractivity contribution >= 4 is 0 Å². The van der Waals surface area contributed by atoms with E-state index in [4.69, 9.17) is 15.0 Å². The van der Waals surface area contributed by atoms with Crippen LogP contribution >= 0.6 is 0 Å². The Morgan fingerprint density at radius 3 is 1.40 bits per heavy atom. The molecule has 0 saturated heterocycles. The van der Waals surface area contributed by atoms with E-state index in [1.165, 1.54) is 87.7 Å². The zero-order chi connectivity index (χ0) is 38.0. The van der Waals surface area contributed by atoms with Gasteiger partial charge in [0.1, 0.15) is 0 Å². The van der Waals surface area contributed by atoms with E-state index in [9.17, 15) is 0 Å². The normalized spacial score (nSPS) is 22.6. The van der Waals surface area contributed by atoms with Gasteiger partial charge in [-0.15, -0.1) is 0 Å². The zero-order valence-corrected chi connectivity index (χ0v) is 32.3. The van der Waals surface area contributed by atoms with Crippen LogP contribution in [0.15, 0.2) is 164 Å². The topological polar surface area (TPSA) is 38.7 Å². The van der Waals surface area contributed by atoms with Gasteiger partial charge in [0.2, 0.25) is 0 Å². The fourth-order valence-corrected chi connectivity index (χ4v) is 12.2. The van der Waals surface area contributed by atoms with Crippen LogP contribution in [-0.2, 0) is 5.41 Å². The van der Waals surface area contributed by atoms with E-state index in [-0.39, 0.29) is 0 Å². The number of hydrogen-bond acceptors (Lipinski definition) is 3. The minimum Gasteiger partial charge on any atom is -0.208 e. The molecule has 1 heterocycles. The fraction of sp³-hybridized carbons (Fsp3) is 0.182. The highest BCUT2D eigenvalue weighted by atomic mass is 15.0. The molecule has 0 N–H and O–H groups in total. The van der Waals surface area contributed by atoms with Gasteiger partial charge in [0.05, 0.1) is 5.41 Å². The van der Waals surface area contributed by atoms with Crippen molar-refractivity contribution < 1.29 is 0 Å². The molecule has 0 radical (unpaired) electrons. The largest absolute Gasteiger partial charge is 0.208 e. The molecule has 6 aliphatic rings. The van der Waals surface area contributed by atoms with Crippen LogP contribution in [-0.4, -0.2) is 15.0 Å². The predicted molar refractivity (Wildman–Crippen MR) is 233 cm³/mol. The van der Waals surface area contributed by atoms with E-state index in [0.717, 1.165) is 28.5 Å². The first kappa shape index (κ1) is 32.6. The number of hydrogen-bond donors (Lipinski definition) is 0. The molecule has 1 aromatic heterocycles. The van der Waals surface area contributed by atoms with Crippen LogP contribution in [0.4, 0.5) is 0 Å². The highest BCUT2D eigenvalue weighted by Crippen LogP contribution is 2.65. The Kier molecular flexibility index (Phi) is 6.90. The van der Waals surface area contributed by atoms with Crippen LogP contribution < -0.4 is 0 Å². The SMILES string of the molecule is c1ccc(-c2ccc(-c3nc(-c4ccccc4)nc(-c4ccc5c(c4)C4(c6ccccc6-5)c5ccccc5-c5cc6c(cc54)C4CC5CC(CC6C5)C4)n3)cc2)cc1. The highest BCUT2D eigenvalue weighted by molar-refractivity contribution is 5.96. The first-order chi connectivity index (χ1) is 28.7. The molecule has 3 unspecified atom stereocenters. The lowest BCUT2D eigenvalue weighted by atomic mass is 9.67. The van der Waals surface area contributed by atoms with Crippen LogP contribution in [0.1, 0.15) is 77.3 Å². The molecule has 14 rings (SSSR count). The Labute approximate surface area is 339 Å². The van der Waals surface area contributed by atoms with Crippen molar-refractivity contribution in [2.24, 2.45) is 11.8 Å². The Hall–Kier alpha value is -6.45. The van der Waals surface area contributed by atoms with Crippen molar-refractivity contribution in [1.82, 2.24) is 15.0 Å².